The van der Waals surface area contributed by atoms with Crippen LogP contribution < -0.4 is 9.47 Å². The highest BCUT2D eigenvalue weighted by atomic mass is 79.9. The average molecular weight is 287 g/mol. The lowest BCUT2D eigenvalue weighted by atomic mass is 9.86. The van der Waals surface area contributed by atoms with E-state index >= 15 is 0 Å². The largest absolute Gasteiger partial charge is 0.493 e. The highest BCUT2D eigenvalue weighted by Crippen LogP contribution is 2.41. The molecule has 0 atom stereocenters. The van der Waals surface area contributed by atoms with Gasteiger partial charge in [0.25, 0.3) is 0 Å². The van der Waals surface area contributed by atoms with Crippen LogP contribution in [0.4, 0.5) is 0 Å². The molecule has 0 radical (unpaired) electrons. The molecule has 0 bridgehead atoms. The molecular weight excluding hydrogens is 272 g/mol. The lowest BCUT2D eigenvalue weighted by Crippen LogP contribution is -2.19. The zero-order valence-electron chi connectivity index (χ0n) is 9.83. The van der Waals surface area contributed by atoms with Gasteiger partial charge >= 0.3 is 0 Å². The number of aldehydes is 1. The van der Waals surface area contributed by atoms with E-state index in [4.69, 9.17) is 9.47 Å². The van der Waals surface area contributed by atoms with Crippen LogP contribution in [-0.2, 0) is 10.2 Å². The van der Waals surface area contributed by atoms with Crippen LogP contribution in [0.3, 0.4) is 0 Å². The molecule has 0 amide bonds. The monoisotopic (exact) mass is 286 g/mol. The minimum atomic E-state index is -0.557. The number of hydrogen-bond acceptors (Lipinski definition) is 3. The Kier molecular flexibility index (Phi) is 3.97. The summed E-state index contributed by atoms with van der Waals surface area (Å²) in [6.07, 6.45) is 0.916. The Morgan fingerprint density at radius 1 is 1.25 bits per heavy atom. The molecule has 1 aromatic carbocycles. The van der Waals surface area contributed by atoms with Crippen molar-refractivity contribution in [3.63, 3.8) is 0 Å². The lowest BCUT2D eigenvalue weighted by Gasteiger charge is -2.21. The molecule has 0 fully saturated rings. The highest BCUT2D eigenvalue weighted by molar-refractivity contribution is 9.10. The summed E-state index contributed by atoms with van der Waals surface area (Å²) in [5.74, 6) is 1.25. The predicted octanol–water partition coefficient (Wildman–Crippen LogP) is 2.94. The van der Waals surface area contributed by atoms with E-state index in [1.165, 1.54) is 0 Å². The lowest BCUT2D eigenvalue weighted by molar-refractivity contribution is -0.111. The first kappa shape index (κ1) is 13.0. The smallest absolute Gasteiger partial charge is 0.175 e. The van der Waals surface area contributed by atoms with Crippen LogP contribution in [0.15, 0.2) is 16.6 Å². The van der Waals surface area contributed by atoms with E-state index in [0.717, 1.165) is 16.3 Å². The molecule has 0 saturated heterocycles. The van der Waals surface area contributed by atoms with Gasteiger partial charge in [-0.1, -0.05) is 6.07 Å². The zero-order chi connectivity index (χ0) is 12.3. The summed E-state index contributed by atoms with van der Waals surface area (Å²) in [6.45, 7) is 3.71. The molecule has 0 unspecified atom stereocenters. The van der Waals surface area contributed by atoms with E-state index in [0.29, 0.717) is 11.5 Å². The van der Waals surface area contributed by atoms with Crippen molar-refractivity contribution in [3.05, 3.63) is 22.2 Å². The molecule has 0 aromatic heterocycles. The molecule has 1 aromatic rings. The standard InChI is InChI=1S/C12H15BrO3/c1-12(2,7-14)8-5-6-9(15-3)11(16-4)10(8)13/h5-7H,1-4H3. The summed E-state index contributed by atoms with van der Waals surface area (Å²) in [7, 11) is 3.15. The Morgan fingerprint density at radius 2 is 1.88 bits per heavy atom. The van der Waals surface area contributed by atoms with E-state index in [1.54, 1.807) is 20.3 Å². The fourth-order valence-electron chi connectivity index (χ4n) is 1.45. The van der Waals surface area contributed by atoms with Gasteiger partial charge in [0.2, 0.25) is 0 Å². The topological polar surface area (TPSA) is 35.5 Å². The van der Waals surface area contributed by atoms with Crippen LogP contribution in [0.1, 0.15) is 19.4 Å². The van der Waals surface area contributed by atoms with Crippen LogP contribution in [0.5, 0.6) is 11.5 Å². The second kappa shape index (κ2) is 4.87. The fraction of sp³-hybridized carbons (Fsp3) is 0.417. The quantitative estimate of drug-likeness (QED) is 0.799. The molecule has 0 aliphatic rings. The second-order valence-corrected chi connectivity index (χ2v) is 4.80. The van der Waals surface area contributed by atoms with Gasteiger partial charge < -0.3 is 14.3 Å². The van der Waals surface area contributed by atoms with Gasteiger partial charge in [-0.05, 0) is 41.4 Å². The number of carbonyl (C=O) groups is 1. The van der Waals surface area contributed by atoms with E-state index < -0.39 is 5.41 Å². The van der Waals surface area contributed by atoms with Gasteiger partial charge in [0.05, 0.1) is 18.7 Å². The fourth-order valence-corrected chi connectivity index (χ4v) is 2.45. The van der Waals surface area contributed by atoms with Gasteiger partial charge in [0, 0.05) is 5.41 Å². The van der Waals surface area contributed by atoms with Crippen molar-refractivity contribution < 1.29 is 14.3 Å². The van der Waals surface area contributed by atoms with Crippen LogP contribution >= 0.6 is 15.9 Å². The summed E-state index contributed by atoms with van der Waals surface area (Å²) < 4.78 is 11.2. The van der Waals surface area contributed by atoms with Gasteiger partial charge in [-0.25, -0.2) is 0 Å². The van der Waals surface area contributed by atoms with Crippen LogP contribution in [0, 0.1) is 0 Å². The van der Waals surface area contributed by atoms with Crippen molar-refractivity contribution in [2.45, 2.75) is 19.3 Å². The molecule has 1 rings (SSSR count). The first-order valence-corrected chi connectivity index (χ1v) is 5.64. The van der Waals surface area contributed by atoms with Gasteiger partial charge in [-0.2, -0.15) is 0 Å². The summed E-state index contributed by atoms with van der Waals surface area (Å²) in [6, 6.07) is 3.66. The van der Waals surface area contributed by atoms with Crippen molar-refractivity contribution in [3.8, 4) is 11.5 Å². The molecule has 4 heteroatoms. The van der Waals surface area contributed by atoms with Crippen LogP contribution in [0.25, 0.3) is 0 Å². The number of halogens is 1. The minimum absolute atomic E-state index is 0.557. The summed E-state index contributed by atoms with van der Waals surface area (Å²) >= 11 is 3.45. The molecule has 16 heavy (non-hydrogen) atoms. The van der Waals surface area contributed by atoms with E-state index in [9.17, 15) is 4.79 Å². The third-order valence-electron chi connectivity index (χ3n) is 2.47. The summed E-state index contributed by atoms with van der Waals surface area (Å²) in [5, 5.41) is 0. The molecule has 0 heterocycles. The maximum atomic E-state index is 11.0. The van der Waals surface area contributed by atoms with Crippen LogP contribution in [0.2, 0.25) is 0 Å². The summed E-state index contributed by atoms with van der Waals surface area (Å²) in [4.78, 5) is 11.0. The number of rotatable bonds is 4. The van der Waals surface area contributed by atoms with E-state index in [-0.39, 0.29) is 0 Å². The normalized spacial score (nSPS) is 11.1. The number of ether oxygens (including phenoxy) is 2. The Balaban J connectivity index is 3.40. The number of carbonyl (C=O) groups excluding carboxylic acids is 1. The summed E-state index contributed by atoms with van der Waals surface area (Å²) in [5.41, 5.74) is 0.318. The van der Waals surface area contributed by atoms with Crippen molar-refractivity contribution >= 4 is 22.2 Å². The van der Waals surface area contributed by atoms with Gasteiger partial charge in [0.1, 0.15) is 6.29 Å². The molecule has 0 spiro atoms. The third-order valence-corrected chi connectivity index (χ3v) is 3.26. The first-order valence-electron chi connectivity index (χ1n) is 4.85. The zero-order valence-corrected chi connectivity index (χ0v) is 11.4. The van der Waals surface area contributed by atoms with Crippen molar-refractivity contribution in [1.29, 1.82) is 0 Å². The average Bonchev–Trinajstić information content (AvgIpc) is 2.28. The first-order chi connectivity index (χ1) is 7.47. The van der Waals surface area contributed by atoms with Crippen molar-refractivity contribution in [2.75, 3.05) is 14.2 Å². The molecular formula is C12H15BrO3. The number of hydrogen-bond donors (Lipinski definition) is 0. The molecule has 0 aliphatic carbocycles. The predicted molar refractivity (Wildman–Crippen MR) is 66.3 cm³/mol. The molecule has 0 N–H and O–H groups in total. The molecule has 3 nitrogen and oxygen atoms in total. The molecule has 0 aliphatic heterocycles. The van der Waals surface area contributed by atoms with E-state index in [1.807, 2.05) is 19.9 Å². The van der Waals surface area contributed by atoms with Gasteiger partial charge in [-0.15, -0.1) is 0 Å². The molecule has 88 valence electrons. The minimum Gasteiger partial charge on any atom is -0.493 e. The van der Waals surface area contributed by atoms with Crippen LogP contribution in [-0.4, -0.2) is 20.5 Å². The Bertz CT molecular complexity index is 399. The third kappa shape index (κ3) is 2.21. The van der Waals surface area contributed by atoms with Gasteiger partial charge in [0.15, 0.2) is 11.5 Å². The van der Waals surface area contributed by atoms with Crippen molar-refractivity contribution in [2.24, 2.45) is 0 Å². The highest BCUT2D eigenvalue weighted by Gasteiger charge is 2.25. The number of benzene rings is 1. The maximum Gasteiger partial charge on any atom is 0.175 e. The van der Waals surface area contributed by atoms with E-state index in [2.05, 4.69) is 15.9 Å². The molecule has 0 saturated carbocycles. The Hall–Kier alpha value is -1.03. The number of methoxy groups -OCH3 is 2. The van der Waals surface area contributed by atoms with Crippen molar-refractivity contribution in [1.82, 2.24) is 0 Å². The SMILES string of the molecule is COc1ccc(C(C)(C)C=O)c(Br)c1OC. The Labute approximate surface area is 104 Å². The van der Waals surface area contributed by atoms with Gasteiger partial charge in [-0.3, -0.25) is 0 Å². The Morgan fingerprint density at radius 3 is 2.31 bits per heavy atom. The maximum absolute atomic E-state index is 11.0. The second-order valence-electron chi connectivity index (χ2n) is 4.00.